The largest absolute Gasteiger partial charge is 0.374 e. The van der Waals surface area contributed by atoms with Crippen molar-refractivity contribution in [2.45, 2.75) is 52.7 Å². The maximum atomic E-state index is 5.95. The summed E-state index contributed by atoms with van der Waals surface area (Å²) in [5, 5.41) is 0. The highest BCUT2D eigenvalue weighted by molar-refractivity contribution is 4.80. The van der Waals surface area contributed by atoms with Gasteiger partial charge in [-0.25, -0.2) is 0 Å². The van der Waals surface area contributed by atoms with Gasteiger partial charge in [0.15, 0.2) is 0 Å². The Morgan fingerprint density at radius 3 is 2.32 bits per heavy atom. The quantitative estimate of drug-likeness (QED) is 0.779. The van der Waals surface area contributed by atoms with E-state index in [1.54, 1.807) is 0 Å². The Labute approximate surface area is 119 Å². The van der Waals surface area contributed by atoms with E-state index in [1.807, 2.05) is 0 Å². The van der Waals surface area contributed by atoms with Crippen molar-refractivity contribution in [2.24, 2.45) is 11.8 Å². The average molecular weight is 268 g/mol. The lowest BCUT2D eigenvalue weighted by molar-refractivity contribution is -0.0557. The second-order valence-corrected chi connectivity index (χ2v) is 6.96. The predicted octanol–water partition coefficient (Wildman–Crippen LogP) is 2.46. The van der Waals surface area contributed by atoms with Crippen LogP contribution in [-0.4, -0.2) is 61.3 Å². The molecule has 1 atom stereocenters. The normalized spacial score (nSPS) is 28.4. The second kappa shape index (κ2) is 7.05. The zero-order chi connectivity index (χ0) is 13.8. The summed E-state index contributed by atoms with van der Waals surface area (Å²) >= 11 is 0. The fourth-order valence-electron chi connectivity index (χ4n) is 3.41. The molecule has 0 spiro atoms. The van der Waals surface area contributed by atoms with E-state index < -0.39 is 0 Å². The number of hydrogen-bond acceptors (Lipinski definition) is 3. The van der Waals surface area contributed by atoms with Gasteiger partial charge < -0.3 is 9.64 Å². The first-order chi connectivity index (χ1) is 9.06. The van der Waals surface area contributed by atoms with Gasteiger partial charge in [-0.3, -0.25) is 4.90 Å². The molecule has 0 aromatic carbocycles. The lowest BCUT2D eigenvalue weighted by atomic mass is 9.86. The van der Waals surface area contributed by atoms with E-state index in [-0.39, 0.29) is 0 Å². The van der Waals surface area contributed by atoms with Gasteiger partial charge in [0.1, 0.15) is 0 Å². The van der Waals surface area contributed by atoms with E-state index >= 15 is 0 Å². The van der Waals surface area contributed by atoms with Gasteiger partial charge in [-0.1, -0.05) is 13.8 Å². The third kappa shape index (κ3) is 4.44. The summed E-state index contributed by atoms with van der Waals surface area (Å²) in [5.74, 6) is 1.79. The Bertz CT molecular complexity index is 259. The van der Waals surface area contributed by atoms with Crippen molar-refractivity contribution >= 4 is 0 Å². The van der Waals surface area contributed by atoms with Crippen LogP contribution in [0.5, 0.6) is 0 Å². The fourth-order valence-corrected chi connectivity index (χ4v) is 3.41. The molecule has 0 bridgehead atoms. The van der Waals surface area contributed by atoms with Crippen LogP contribution in [0, 0.1) is 11.8 Å². The van der Waals surface area contributed by atoms with Crippen LogP contribution < -0.4 is 0 Å². The van der Waals surface area contributed by atoms with Crippen LogP contribution in [0.1, 0.15) is 40.5 Å². The summed E-state index contributed by atoms with van der Waals surface area (Å²) in [5.41, 5.74) is 0. The third-order valence-corrected chi connectivity index (χ3v) is 4.94. The highest BCUT2D eigenvalue weighted by Crippen LogP contribution is 2.24. The molecule has 2 rings (SSSR count). The molecule has 3 nitrogen and oxygen atoms in total. The molecule has 0 radical (unpaired) electrons. The minimum Gasteiger partial charge on any atom is -0.374 e. The summed E-state index contributed by atoms with van der Waals surface area (Å²) in [6, 6.07) is 0.651. The van der Waals surface area contributed by atoms with Crippen molar-refractivity contribution < 1.29 is 4.74 Å². The molecular formula is C16H32N2O. The van der Waals surface area contributed by atoms with Crippen molar-refractivity contribution in [3.8, 4) is 0 Å². The van der Waals surface area contributed by atoms with E-state index in [0.717, 1.165) is 38.1 Å². The molecule has 0 N–H and O–H groups in total. The SMILES string of the molecule is CC(C)C1CCN(C[C@@H]2CN(C(C)C)CCO2)CC1. The minimum absolute atomic E-state index is 0.423. The molecule has 0 unspecified atom stereocenters. The molecule has 2 fully saturated rings. The third-order valence-electron chi connectivity index (χ3n) is 4.94. The van der Waals surface area contributed by atoms with Gasteiger partial charge in [0.2, 0.25) is 0 Å². The summed E-state index contributed by atoms with van der Waals surface area (Å²) in [7, 11) is 0. The zero-order valence-electron chi connectivity index (χ0n) is 13.3. The predicted molar refractivity (Wildman–Crippen MR) is 80.5 cm³/mol. The number of nitrogens with zero attached hydrogens (tertiary/aromatic N) is 2. The van der Waals surface area contributed by atoms with Crippen LogP contribution in [0.3, 0.4) is 0 Å². The van der Waals surface area contributed by atoms with Crippen LogP contribution in [0.2, 0.25) is 0 Å². The molecule has 0 amide bonds. The van der Waals surface area contributed by atoms with Crippen molar-refractivity contribution in [2.75, 3.05) is 39.3 Å². The van der Waals surface area contributed by atoms with E-state index in [9.17, 15) is 0 Å². The van der Waals surface area contributed by atoms with Gasteiger partial charge in [0, 0.05) is 25.7 Å². The Kier molecular flexibility index (Phi) is 5.67. The van der Waals surface area contributed by atoms with Gasteiger partial charge in [-0.15, -0.1) is 0 Å². The molecule has 0 aromatic rings. The lowest BCUT2D eigenvalue weighted by Gasteiger charge is -2.40. The maximum absolute atomic E-state index is 5.95. The molecule has 2 aliphatic rings. The summed E-state index contributed by atoms with van der Waals surface area (Å²) in [6.07, 6.45) is 3.17. The molecule has 19 heavy (non-hydrogen) atoms. The van der Waals surface area contributed by atoms with Crippen molar-refractivity contribution in [3.63, 3.8) is 0 Å². The minimum atomic E-state index is 0.423. The first-order valence-corrected chi connectivity index (χ1v) is 8.14. The summed E-state index contributed by atoms with van der Waals surface area (Å²) in [6.45, 7) is 16.1. The summed E-state index contributed by atoms with van der Waals surface area (Å²) < 4.78 is 5.95. The molecule has 112 valence electrons. The molecule has 2 aliphatic heterocycles. The van der Waals surface area contributed by atoms with Crippen molar-refractivity contribution in [1.29, 1.82) is 0 Å². The second-order valence-electron chi connectivity index (χ2n) is 6.96. The number of morpholine rings is 1. The topological polar surface area (TPSA) is 15.7 Å². The molecular weight excluding hydrogens is 236 g/mol. The van der Waals surface area contributed by atoms with Gasteiger partial charge in [0.05, 0.1) is 12.7 Å². The van der Waals surface area contributed by atoms with Crippen LogP contribution in [0.15, 0.2) is 0 Å². The van der Waals surface area contributed by atoms with E-state index in [2.05, 4.69) is 37.5 Å². The Balaban J connectivity index is 1.73. The van der Waals surface area contributed by atoms with Crippen LogP contribution in [0.4, 0.5) is 0 Å². The fraction of sp³-hybridized carbons (Fsp3) is 1.00. The first kappa shape index (κ1) is 15.3. The first-order valence-electron chi connectivity index (χ1n) is 8.14. The van der Waals surface area contributed by atoms with E-state index in [1.165, 1.54) is 25.9 Å². The van der Waals surface area contributed by atoms with E-state index in [4.69, 9.17) is 4.74 Å². The number of likely N-dealkylation sites (tertiary alicyclic amines) is 1. The Morgan fingerprint density at radius 1 is 1.05 bits per heavy atom. The highest BCUT2D eigenvalue weighted by atomic mass is 16.5. The lowest BCUT2D eigenvalue weighted by Crippen LogP contribution is -2.50. The van der Waals surface area contributed by atoms with Gasteiger partial charge >= 0.3 is 0 Å². The molecule has 0 aromatic heterocycles. The smallest absolute Gasteiger partial charge is 0.0829 e. The number of rotatable bonds is 4. The average Bonchev–Trinajstić information content (AvgIpc) is 2.39. The standard InChI is InChI=1S/C16H32N2O/c1-13(2)15-5-7-17(8-6-15)11-16-12-18(14(3)4)9-10-19-16/h13-16H,5-12H2,1-4H3/t16-/m1/s1. The molecule has 0 aliphatic carbocycles. The molecule has 3 heteroatoms. The molecule has 0 saturated carbocycles. The van der Waals surface area contributed by atoms with Crippen LogP contribution in [-0.2, 0) is 4.74 Å². The van der Waals surface area contributed by atoms with E-state index in [0.29, 0.717) is 12.1 Å². The van der Waals surface area contributed by atoms with Crippen molar-refractivity contribution in [3.05, 3.63) is 0 Å². The van der Waals surface area contributed by atoms with Gasteiger partial charge in [-0.05, 0) is 51.6 Å². The summed E-state index contributed by atoms with van der Waals surface area (Å²) in [4.78, 5) is 5.17. The Hall–Kier alpha value is -0.120. The van der Waals surface area contributed by atoms with Gasteiger partial charge in [0.25, 0.3) is 0 Å². The molecule has 2 saturated heterocycles. The number of hydrogen-bond donors (Lipinski definition) is 0. The maximum Gasteiger partial charge on any atom is 0.0829 e. The highest BCUT2D eigenvalue weighted by Gasteiger charge is 2.27. The van der Waals surface area contributed by atoms with Crippen LogP contribution >= 0.6 is 0 Å². The monoisotopic (exact) mass is 268 g/mol. The number of ether oxygens (including phenoxy) is 1. The molecule has 2 heterocycles. The zero-order valence-corrected chi connectivity index (χ0v) is 13.3. The van der Waals surface area contributed by atoms with Crippen LogP contribution in [0.25, 0.3) is 0 Å². The Morgan fingerprint density at radius 2 is 1.74 bits per heavy atom. The number of piperidine rings is 1. The van der Waals surface area contributed by atoms with Gasteiger partial charge in [-0.2, -0.15) is 0 Å². The van der Waals surface area contributed by atoms with Crippen molar-refractivity contribution in [1.82, 2.24) is 9.80 Å².